The fraction of sp³-hybridized carbons (Fsp3) is 0.0833. The second kappa shape index (κ2) is 5.56. The molecule has 1 heterocycles. The monoisotopic (exact) mass is 311 g/mol. The van der Waals surface area contributed by atoms with E-state index < -0.39 is 15.9 Å². The van der Waals surface area contributed by atoms with Gasteiger partial charge in [0.2, 0.25) is 10.0 Å². The van der Waals surface area contributed by atoms with Crippen molar-refractivity contribution in [2.24, 2.45) is 0 Å². The van der Waals surface area contributed by atoms with Crippen molar-refractivity contribution in [3.63, 3.8) is 0 Å². The van der Waals surface area contributed by atoms with Crippen LogP contribution in [0, 0.1) is 0 Å². The lowest BCUT2D eigenvalue weighted by Crippen LogP contribution is -2.30. The van der Waals surface area contributed by atoms with Gasteiger partial charge in [-0.1, -0.05) is 23.7 Å². The number of benzene rings is 1. The normalized spacial score (nSPS) is 11.1. The Morgan fingerprint density at radius 2 is 2.00 bits per heavy atom. The largest absolute Gasteiger partial charge is 0.283 e. The molecule has 2 rings (SSSR count). The summed E-state index contributed by atoms with van der Waals surface area (Å²) in [5.74, 6) is -0.807. The molecular formula is C12H10ClN3O3S. The fourth-order valence-electron chi connectivity index (χ4n) is 1.51. The number of carbonyl (C=O) groups is 1. The third-order valence-electron chi connectivity index (χ3n) is 2.30. The predicted molar refractivity (Wildman–Crippen MR) is 74.8 cm³/mol. The van der Waals surface area contributed by atoms with Crippen LogP contribution in [-0.2, 0) is 10.0 Å². The number of hydrogen-bond acceptors (Lipinski definition) is 5. The van der Waals surface area contributed by atoms with Crippen LogP contribution in [0.25, 0.3) is 11.3 Å². The number of amides is 1. The lowest BCUT2D eigenvalue weighted by Gasteiger charge is -2.04. The summed E-state index contributed by atoms with van der Waals surface area (Å²) >= 11 is 5.88. The molecule has 0 saturated heterocycles. The second-order valence-corrected chi connectivity index (χ2v) is 6.19. The number of carbonyl (C=O) groups excluding carboxylic acids is 1. The van der Waals surface area contributed by atoms with Gasteiger partial charge in [-0.2, -0.15) is 0 Å². The molecule has 0 radical (unpaired) electrons. The van der Waals surface area contributed by atoms with Crippen molar-refractivity contribution >= 4 is 27.5 Å². The molecule has 1 N–H and O–H groups in total. The van der Waals surface area contributed by atoms with Gasteiger partial charge in [-0.25, -0.2) is 23.1 Å². The van der Waals surface area contributed by atoms with E-state index in [2.05, 4.69) is 9.97 Å². The van der Waals surface area contributed by atoms with Crippen LogP contribution in [0.15, 0.2) is 36.7 Å². The smallest absolute Gasteiger partial charge is 0.266 e. The minimum absolute atomic E-state index is 0.0413. The Bertz CT molecular complexity index is 762. The average Bonchev–Trinajstić information content (AvgIpc) is 2.37. The summed E-state index contributed by atoms with van der Waals surface area (Å²) in [5.41, 5.74) is 1.13. The van der Waals surface area contributed by atoms with E-state index in [1.165, 1.54) is 12.4 Å². The molecular weight excluding hydrogens is 302 g/mol. The van der Waals surface area contributed by atoms with Gasteiger partial charge in [-0.05, 0) is 18.2 Å². The van der Waals surface area contributed by atoms with Gasteiger partial charge in [0.15, 0.2) is 0 Å². The molecule has 0 saturated carbocycles. The highest BCUT2D eigenvalue weighted by Gasteiger charge is 2.13. The van der Waals surface area contributed by atoms with Crippen molar-refractivity contribution in [2.75, 3.05) is 6.26 Å². The van der Waals surface area contributed by atoms with Crippen molar-refractivity contribution < 1.29 is 13.2 Å². The standard InChI is InChI=1S/C12H10ClN3O3S/c1-20(18,19)16-12(17)11-6-10(14-7-15-11)8-3-2-4-9(13)5-8/h2-7H,1H3,(H,16,17). The molecule has 6 nitrogen and oxygen atoms in total. The molecule has 0 unspecified atom stereocenters. The third kappa shape index (κ3) is 3.75. The first-order chi connectivity index (χ1) is 9.35. The summed E-state index contributed by atoms with van der Waals surface area (Å²) in [5, 5.41) is 0.531. The van der Waals surface area contributed by atoms with Gasteiger partial charge in [0.25, 0.3) is 5.91 Å². The van der Waals surface area contributed by atoms with Crippen molar-refractivity contribution in [1.82, 2.24) is 14.7 Å². The Morgan fingerprint density at radius 3 is 2.65 bits per heavy atom. The van der Waals surface area contributed by atoms with E-state index >= 15 is 0 Å². The van der Waals surface area contributed by atoms with E-state index in [1.807, 2.05) is 4.72 Å². The summed E-state index contributed by atoms with van der Waals surface area (Å²) < 4.78 is 23.9. The first-order valence-corrected chi connectivity index (χ1v) is 7.72. The molecule has 1 aromatic heterocycles. The Kier molecular flexibility index (Phi) is 4.01. The minimum Gasteiger partial charge on any atom is -0.266 e. The topological polar surface area (TPSA) is 89.0 Å². The molecule has 104 valence electrons. The quantitative estimate of drug-likeness (QED) is 0.927. The number of halogens is 1. The summed E-state index contributed by atoms with van der Waals surface area (Å²) in [6, 6.07) is 8.31. The van der Waals surface area contributed by atoms with Crippen LogP contribution in [0.3, 0.4) is 0 Å². The maximum atomic E-state index is 11.7. The van der Waals surface area contributed by atoms with Gasteiger partial charge in [0, 0.05) is 10.6 Å². The maximum absolute atomic E-state index is 11.7. The van der Waals surface area contributed by atoms with Gasteiger partial charge < -0.3 is 0 Å². The van der Waals surface area contributed by atoms with Crippen LogP contribution in [-0.4, -0.2) is 30.5 Å². The number of rotatable bonds is 3. The Labute approximate surface area is 120 Å². The van der Waals surface area contributed by atoms with E-state index in [0.29, 0.717) is 16.3 Å². The lowest BCUT2D eigenvalue weighted by atomic mass is 10.1. The highest BCUT2D eigenvalue weighted by molar-refractivity contribution is 7.89. The number of sulfonamides is 1. The fourth-order valence-corrected chi connectivity index (χ4v) is 2.14. The van der Waals surface area contributed by atoms with E-state index in [4.69, 9.17) is 11.6 Å². The van der Waals surface area contributed by atoms with Crippen LogP contribution in [0.5, 0.6) is 0 Å². The van der Waals surface area contributed by atoms with Gasteiger partial charge in [-0.15, -0.1) is 0 Å². The predicted octanol–water partition coefficient (Wildman–Crippen LogP) is 1.49. The van der Waals surface area contributed by atoms with Crippen LogP contribution in [0.2, 0.25) is 5.02 Å². The highest BCUT2D eigenvalue weighted by atomic mass is 35.5. The summed E-state index contributed by atoms with van der Waals surface area (Å²) in [4.78, 5) is 19.5. The third-order valence-corrected chi connectivity index (χ3v) is 3.09. The Hall–Kier alpha value is -1.99. The van der Waals surface area contributed by atoms with Crippen LogP contribution < -0.4 is 4.72 Å². The number of hydrogen-bond donors (Lipinski definition) is 1. The minimum atomic E-state index is -3.64. The first-order valence-electron chi connectivity index (χ1n) is 5.45. The summed E-state index contributed by atoms with van der Waals surface area (Å²) in [6.07, 6.45) is 2.08. The van der Waals surface area contributed by atoms with Crippen molar-refractivity contribution in [3.8, 4) is 11.3 Å². The van der Waals surface area contributed by atoms with Crippen molar-refractivity contribution in [1.29, 1.82) is 0 Å². The molecule has 1 aromatic carbocycles. The molecule has 8 heteroatoms. The van der Waals surface area contributed by atoms with Gasteiger partial charge >= 0.3 is 0 Å². The molecule has 0 bridgehead atoms. The second-order valence-electron chi connectivity index (χ2n) is 4.00. The average molecular weight is 312 g/mol. The summed E-state index contributed by atoms with van der Waals surface area (Å²) in [6.45, 7) is 0. The van der Waals surface area contributed by atoms with Gasteiger partial charge in [0.1, 0.15) is 12.0 Å². The zero-order chi connectivity index (χ0) is 14.8. The van der Waals surface area contributed by atoms with Crippen molar-refractivity contribution in [2.45, 2.75) is 0 Å². The van der Waals surface area contributed by atoms with E-state index in [1.54, 1.807) is 24.3 Å². The number of nitrogens with zero attached hydrogens (tertiary/aromatic N) is 2. The SMILES string of the molecule is CS(=O)(=O)NC(=O)c1cc(-c2cccc(Cl)c2)ncn1. The van der Waals surface area contributed by atoms with Gasteiger partial charge in [0.05, 0.1) is 11.9 Å². The van der Waals surface area contributed by atoms with Crippen molar-refractivity contribution in [3.05, 3.63) is 47.4 Å². The first kappa shape index (κ1) is 14.4. The molecule has 0 spiro atoms. The zero-order valence-electron chi connectivity index (χ0n) is 10.4. The Morgan fingerprint density at radius 1 is 1.25 bits per heavy atom. The van der Waals surface area contributed by atoms with E-state index in [-0.39, 0.29) is 5.69 Å². The molecule has 2 aromatic rings. The molecule has 1 amide bonds. The molecule has 0 aliphatic heterocycles. The lowest BCUT2D eigenvalue weighted by molar-refractivity contribution is 0.0976. The highest BCUT2D eigenvalue weighted by Crippen LogP contribution is 2.20. The van der Waals surface area contributed by atoms with Crippen LogP contribution in [0.1, 0.15) is 10.5 Å². The number of aromatic nitrogens is 2. The molecule has 20 heavy (non-hydrogen) atoms. The molecule has 0 aliphatic carbocycles. The Balaban J connectivity index is 2.36. The van der Waals surface area contributed by atoms with Crippen LogP contribution in [0.4, 0.5) is 0 Å². The molecule has 0 fully saturated rings. The van der Waals surface area contributed by atoms with E-state index in [9.17, 15) is 13.2 Å². The molecule has 0 atom stereocenters. The van der Waals surface area contributed by atoms with Gasteiger partial charge in [-0.3, -0.25) is 4.79 Å². The van der Waals surface area contributed by atoms with E-state index in [0.717, 1.165) is 6.26 Å². The summed E-state index contributed by atoms with van der Waals surface area (Å²) in [7, 11) is -3.64. The number of nitrogens with one attached hydrogen (secondary N) is 1. The zero-order valence-corrected chi connectivity index (χ0v) is 11.9. The maximum Gasteiger partial charge on any atom is 0.283 e. The molecule has 0 aliphatic rings. The van der Waals surface area contributed by atoms with Crippen LogP contribution >= 0.6 is 11.6 Å².